The van der Waals surface area contributed by atoms with Gasteiger partial charge in [0.25, 0.3) is 0 Å². The van der Waals surface area contributed by atoms with Crippen molar-refractivity contribution < 1.29 is 23.9 Å². The summed E-state index contributed by atoms with van der Waals surface area (Å²) in [7, 11) is 1.50. The first-order valence-corrected chi connectivity index (χ1v) is 9.60. The third-order valence-electron chi connectivity index (χ3n) is 6.10. The highest BCUT2D eigenvalue weighted by molar-refractivity contribution is 6.22. The topological polar surface area (TPSA) is 72.9 Å². The first kappa shape index (κ1) is 17.7. The van der Waals surface area contributed by atoms with Crippen LogP contribution in [0, 0.1) is 23.7 Å². The minimum Gasteiger partial charge on any atom is -0.493 e. The van der Waals surface area contributed by atoms with E-state index in [2.05, 4.69) is 12.2 Å². The van der Waals surface area contributed by atoms with Gasteiger partial charge in [0.1, 0.15) is 0 Å². The van der Waals surface area contributed by atoms with E-state index in [0.29, 0.717) is 22.7 Å². The zero-order valence-corrected chi connectivity index (χ0v) is 15.8. The second-order valence-electron chi connectivity index (χ2n) is 7.60. The largest absolute Gasteiger partial charge is 0.493 e. The predicted octanol–water partition coefficient (Wildman–Crippen LogP) is 3.23. The monoisotopic (exact) mass is 389 g/mol. The Morgan fingerprint density at radius 3 is 2.07 bits per heavy atom. The second-order valence-corrected chi connectivity index (χ2v) is 7.60. The van der Waals surface area contributed by atoms with Crippen LogP contribution in [0.1, 0.15) is 16.8 Å². The lowest BCUT2D eigenvalue weighted by Gasteiger charge is -2.17. The van der Waals surface area contributed by atoms with E-state index in [9.17, 15) is 14.4 Å². The van der Waals surface area contributed by atoms with Crippen molar-refractivity contribution in [3.8, 4) is 11.5 Å². The van der Waals surface area contributed by atoms with Crippen LogP contribution in [0.2, 0.25) is 0 Å². The number of benzene rings is 2. The van der Waals surface area contributed by atoms with Gasteiger partial charge in [-0.3, -0.25) is 14.5 Å². The van der Waals surface area contributed by atoms with Crippen molar-refractivity contribution in [2.75, 3.05) is 12.0 Å². The molecule has 1 saturated carbocycles. The number of ether oxygens (including phenoxy) is 2. The highest BCUT2D eigenvalue weighted by Gasteiger charge is 2.59. The molecule has 6 nitrogen and oxygen atoms in total. The Bertz CT molecular complexity index is 1010. The zero-order chi connectivity index (χ0) is 20.1. The number of methoxy groups -OCH3 is 1. The molecule has 2 aromatic rings. The molecule has 6 heteroatoms. The van der Waals surface area contributed by atoms with Crippen molar-refractivity contribution in [2.24, 2.45) is 23.7 Å². The van der Waals surface area contributed by atoms with Crippen LogP contribution in [0.5, 0.6) is 11.5 Å². The number of hydrogen-bond acceptors (Lipinski definition) is 5. The standard InChI is InChI=1S/C23H19NO5/c1-28-17-4-2-3-5-18(17)29-23(27)13-8-10-16(11-9-13)24-21(25)19-14-6-7-15(12-14)20(19)22(24)26/h2-11,14-15,19-20H,12H2,1H3/t14-,15-,19+,20+/m0/s1. The number of esters is 1. The van der Waals surface area contributed by atoms with Crippen molar-refractivity contribution in [3.05, 3.63) is 66.2 Å². The van der Waals surface area contributed by atoms with E-state index in [1.54, 1.807) is 48.5 Å². The molecular formula is C23H19NO5. The van der Waals surface area contributed by atoms with Gasteiger partial charge in [0.2, 0.25) is 11.8 Å². The quantitative estimate of drug-likeness (QED) is 0.347. The van der Waals surface area contributed by atoms with Gasteiger partial charge in [0.15, 0.2) is 11.5 Å². The Kier molecular flexibility index (Phi) is 4.01. The highest BCUT2D eigenvalue weighted by Crippen LogP contribution is 2.53. The lowest BCUT2D eigenvalue weighted by atomic mass is 9.85. The number of carbonyl (C=O) groups is 3. The summed E-state index contributed by atoms with van der Waals surface area (Å²) in [6.07, 6.45) is 5.03. The fourth-order valence-electron chi connectivity index (χ4n) is 4.77. The number of anilines is 1. The summed E-state index contributed by atoms with van der Waals surface area (Å²) in [6, 6.07) is 13.2. The van der Waals surface area contributed by atoms with Gasteiger partial charge in [-0.25, -0.2) is 4.79 Å². The van der Waals surface area contributed by atoms with Gasteiger partial charge in [-0.15, -0.1) is 0 Å². The number of fused-ring (bicyclic) bond motifs is 5. The molecule has 0 N–H and O–H groups in total. The maximum atomic E-state index is 12.9. The lowest BCUT2D eigenvalue weighted by molar-refractivity contribution is -0.123. The Morgan fingerprint density at radius 1 is 0.897 bits per heavy atom. The Hall–Kier alpha value is -3.41. The molecule has 4 atom stereocenters. The number of para-hydroxylation sites is 2. The fourth-order valence-corrected chi connectivity index (χ4v) is 4.77. The molecule has 5 rings (SSSR count). The summed E-state index contributed by atoms with van der Waals surface area (Å²) < 4.78 is 10.6. The number of allylic oxidation sites excluding steroid dienone is 2. The number of imide groups is 1. The van der Waals surface area contributed by atoms with Crippen LogP contribution in [-0.4, -0.2) is 24.9 Å². The van der Waals surface area contributed by atoms with Crippen LogP contribution < -0.4 is 14.4 Å². The van der Waals surface area contributed by atoms with Crippen LogP contribution in [-0.2, 0) is 9.59 Å². The third kappa shape index (κ3) is 2.67. The molecule has 0 aromatic heterocycles. The maximum absolute atomic E-state index is 12.9. The average Bonchev–Trinajstić information content (AvgIpc) is 3.42. The van der Waals surface area contributed by atoms with Crippen LogP contribution in [0.25, 0.3) is 0 Å². The number of hydrogen-bond donors (Lipinski definition) is 0. The molecule has 2 aromatic carbocycles. The summed E-state index contributed by atoms with van der Waals surface area (Å²) in [5.74, 6) is -0.185. The Morgan fingerprint density at radius 2 is 1.48 bits per heavy atom. The predicted molar refractivity (Wildman–Crippen MR) is 105 cm³/mol. The van der Waals surface area contributed by atoms with E-state index in [0.717, 1.165) is 6.42 Å². The molecule has 0 spiro atoms. The highest BCUT2D eigenvalue weighted by atomic mass is 16.6. The van der Waals surface area contributed by atoms with E-state index in [1.165, 1.54) is 12.0 Å². The van der Waals surface area contributed by atoms with Gasteiger partial charge >= 0.3 is 5.97 Å². The van der Waals surface area contributed by atoms with Gasteiger partial charge in [0.05, 0.1) is 30.2 Å². The van der Waals surface area contributed by atoms with Crippen molar-refractivity contribution in [1.82, 2.24) is 0 Å². The molecule has 2 aliphatic carbocycles. The fraction of sp³-hybridized carbons (Fsp3) is 0.261. The van der Waals surface area contributed by atoms with Crippen molar-refractivity contribution in [3.63, 3.8) is 0 Å². The van der Waals surface area contributed by atoms with E-state index in [4.69, 9.17) is 9.47 Å². The smallest absolute Gasteiger partial charge is 0.343 e. The maximum Gasteiger partial charge on any atom is 0.343 e. The Labute approximate surface area is 167 Å². The zero-order valence-electron chi connectivity index (χ0n) is 15.8. The lowest BCUT2D eigenvalue weighted by Crippen LogP contribution is -2.32. The number of carbonyl (C=O) groups excluding carboxylic acids is 3. The molecule has 0 radical (unpaired) electrons. The van der Waals surface area contributed by atoms with E-state index >= 15 is 0 Å². The van der Waals surface area contributed by atoms with Crippen molar-refractivity contribution >= 4 is 23.5 Å². The molecule has 29 heavy (non-hydrogen) atoms. The van der Waals surface area contributed by atoms with Gasteiger partial charge in [-0.1, -0.05) is 24.3 Å². The second kappa shape index (κ2) is 6.58. The van der Waals surface area contributed by atoms with Gasteiger partial charge in [-0.2, -0.15) is 0 Å². The molecule has 1 heterocycles. The summed E-state index contributed by atoms with van der Waals surface area (Å²) in [6.45, 7) is 0. The number of nitrogens with zero attached hydrogens (tertiary/aromatic N) is 1. The summed E-state index contributed by atoms with van der Waals surface area (Å²) >= 11 is 0. The molecular weight excluding hydrogens is 370 g/mol. The minimum absolute atomic E-state index is 0.138. The van der Waals surface area contributed by atoms with Crippen molar-refractivity contribution in [1.29, 1.82) is 0 Å². The first-order chi connectivity index (χ1) is 14.1. The van der Waals surface area contributed by atoms with Crippen LogP contribution >= 0.6 is 0 Å². The molecule has 0 unspecified atom stereocenters. The molecule has 146 valence electrons. The van der Waals surface area contributed by atoms with Gasteiger partial charge in [-0.05, 0) is 54.7 Å². The molecule has 1 aliphatic heterocycles. The van der Waals surface area contributed by atoms with E-state index < -0.39 is 5.97 Å². The van der Waals surface area contributed by atoms with Crippen molar-refractivity contribution in [2.45, 2.75) is 6.42 Å². The molecule has 2 bridgehead atoms. The molecule has 1 saturated heterocycles. The van der Waals surface area contributed by atoms with Crippen LogP contribution in [0.3, 0.4) is 0 Å². The molecule has 2 amide bonds. The first-order valence-electron chi connectivity index (χ1n) is 9.60. The number of rotatable bonds is 4. The summed E-state index contributed by atoms with van der Waals surface area (Å²) in [5.41, 5.74) is 0.809. The van der Waals surface area contributed by atoms with Crippen LogP contribution in [0.4, 0.5) is 5.69 Å². The normalized spacial score (nSPS) is 26.7. The van der Waals surface area contributed by atoms with Gasteiger partial charge < -0.3 is 9.47 Å². The third-order valence-corrected chi connectivity index (χ3v) is 6.10. The van der Waals surface area contributed by atoms with Crippen LogP contribution in [0.15, 0.2) is 60.7 Å². The SMILES string of the molecule is COc1ccccc1OC(=O)c1ccc(N2C(=O)[C@H]3[C@H](C2=O)[C@H]2C=C[C@H]3C2)cc1. The number of amides is 2. The summed E-state index contributed by atoms with van der Waals surface area (Å²) in [5, 5.41) is 0. The molecule has 2 fully saturated rings. The van der Waals surface area contributed by atoms with Gasteiger partial charge in [0, 0.05) is 0 Å². The average molecular weight is 389 g/mol. The summed E-state index contributed by atoms with van der Waals surface area (Å²) in [4.78, 5) is 39.5. The molecule has 3 aliphatic rings. The van der Waals surface area contributed by atoms with E-state index in [-0.39, 0.29) is 35.5 Å². The Balaban J connectivity index is 1.35. The van der Waals surface area contributed by atoms with E-state index in [1.807, 2.05) is 0 Å². The minimum atomic E-state index is -0.542.